The zero-order valence-electron chi connectivity index (χ0n) is 6.33. The van der Waals surface area contributed by atoms with Gasteiger partial charge in [0, 0.05) is 12.6 Å². The van der Waals surface area contributed by atoms with Gasteiger partial charge in [-0.25, -0.2) is 0 Å². The molecule has 0 rings (SSSR count). The average Bonchev–Trinajstić information content (AvgIpc) is 1.88. The van der Waals surface area contributed by atoms with Gasteiger partial charge in [-0.2, -0.15) is 0 Å². The van der Waals surface area contributed by atoms with E-state index in [-0.39, 0.29) is 6.04 Å². The van der Waals surface area contributed by atoms with E-state index in [1.165, 1.54) is 0 Å². The molecule has 0 saturated carbocycles. The summed E-state index contributed by atoms with van der Waals surface area (Å²) in [4.78, 5) is 0. The molecule has 0 bridgehead atoms. The Labute approximate surface area is 61.7 Å². The van der Waals surface area contributed by atoms with Crippen LogP contribution in [0.3, 0.4) is 0 Å². The Balaban J connectivity index is 3.38. The summed E-state index contributed by atoms with van der Waals surface area (Å²) in [6.45, 7) is 2.22. The van der Waals surface area contributed by atoms with Crippen molar-refractivity contribution in [1.82, 2.24) is 0 Å². The molecule has 0 aliphatic rings. The van der Waals surface area contributed by atoms with Crippen LogP contribution in [0.4, 0.5) is 0 Å². The maximum absolute atomic E-state index is 8.93. The van der Waals surface area contributed by atoms with E-state index in [0.717, 1.165) is 0 Å². The molecular weight excluding hydrogens is 128 g/mol. The van der Waals surface area contributed by atoms with Crippen molar-refractivity contribution in [2.24, 2.45) is 11.5 Å². The van der Waals surface area contributed by atoms with Gasteiger partial charge in [-0.05, 0) is 13.3 Å². The molecule has 3 heteroatoms. The molecule has 2 unspecified atom stereocenters. The molecule has 0 aromatic heterocycles. The Morgan fingerprint density at radius 2 is 2.10 bits per heavy atom. The fourth-order valence-corrected chi connectivity index (χ4v) is 0.547. The summed E-state index contributed by atoms with van der Waals surface area (Å²) < 4.78 is 0. The van der Waals surface area contributed by atoms with Crippen LogP contribution in [-0.4, -0.2) is 23.8 Å². The molecule has 2 atom stereocenters. The minimum atomic E-state index is -0.442. The molecule has 0 amide bonds. The summed E-state index contributed by atoms with van der Waals surface area (Å²) in [7, 11) is 0. The molecular formula is C7H16N2O. The van der Waals surface area contributed by atoms with E-state index in [1.807, 2.05) is 12.2 Å². The van der Waals surface area contributed by atoms with Crippen molar-refractivity contribution in [3.63, 3.8) is 0 Å². The Hall–Kier alpha value is -0.380. The highest BCUT2D eigenvalue weighted by Crippen LogP contribution is 1.95. The second-order valence-corrected chi connectivity index (χ2v) is 2.35. The van der Waals surface area contributed by atoms with Gasteiger partial charge in [-0.1, -0.05) is 12.2 Å². The normalized spacial score (nSPS) is 17.6. The number of hydrogen-bond donors (Lipinski definition) is 3. The number of rotatable bonds is 4. The SMILES string of the molecule is CC(O)C(N)CC=CCN. The van der Waals surface area contributed by atoms with E-state index in [4.69, 9.17) is 16.6 Å². The predicted molar refractivity (Wildman–Crippen MR) is 42.5 cm³/mol. The summed E-state index contributed by atoms with van der Waals surface area (Å²) in [5.74, 6) is 0. The van der Waals surface area contributed by atoms with Crippen LogP contribution in [0, 0.1) is 0 Å². The maximum atomic E-state index is 8.93. The first-order valence-electron chi connectivity index (χ1n) is 3.47. The van der Waals surface area contributed by atoms with E-state index in [9.17, 15) is 0 Å². The van der Waals surface area contributed by atoms with Gasteiger partial charge in [-0.3, -0.25) is 0 Å². The molecule has 0 fully saturated rings. The average molecular weight is 144 g/mol. The largest absolute Gasteiger partial charge is 0.392 e. The van der Waals surface area contributed by atoms with Gasteiger partial charge in [0.25, 0.3) is 0 Å². The van der Waals surface area contributed by atoms with Crippen LogP contribution >= 0.6 is 0 Å². The van der Waals surface area contributed by atoms with Crippen molar-refractivity contribution in [2.45, 2.75) is 25.5 Å². The minimum Gasteiger partial charge on any atom is -0.392 e. The summed E-state index contributed by atoms with van der Waals surface area (Å²) in [6, 6.07) is -0.164. The molecule has 0 saturated heterocycles. The topological polar surface area (TPSA) is 72.3 Å². The zero-order valence-corrected chi connectivity index (χ0v) is 6.33. The molecule has 60 valence electrons. The van der Waals surface area contributed by atoms with Crippen molar-refractivity contribution >= 4 is 0 Å². The highest BCUT2D eigenvalue weighted by Gasteiger charge is 2.05. The molecule has 0 aromatic rings. The molecule has 0 spiro atoms. The van der Waals surface area contributed by atoms with E-state index in [1.54, 1.807) is 6.92 Å². The fraction of sp³-hybridized carbons (Fsp3) is 0.714. The zero-order chi connectivity index (χ0) is 7.98. The molecule has 0 aliphatic carbocycles. The van der Waals surface area contributed by atoms with Gasteiger partial charge in [-0.15, -0.1) is 0 Å². The van der Waals surface area contributed by atoms with Crippen LogP contribution < -0.4 is 11.5 Å². The number of hydrogen-bond acceptors (Lipinski definition) is 3. The van der Waals surface area contributed by atoms with Crippen LogP contribution in [0.15, 0.2) is 12.2 Å². The molecule has 5 N–H and O–H groups in total. The van der Waals surface area contributed by atoms with Gasteiger partial charge in [0.05, 0.1) is 6.10 Å². The summed E-state index contributed by atoms with van der Waals surface area (Å²) in [5.41, 5.74) is 10.7. The monoisotopic (exact) mass is 144 g/mol. The predicted octanol–water partition coefficient (Wildman–Crippen LogP) is -0.400. The van der Waals surface area contributed by atoms with Crippen LogP contribution in [-0.2, 0) is 0 Å². The first-order chi connectivity index (χ1) is 4.68. The smallest absolute Gasteiger partial charge is 0.0666 e. The number of aliphatic hydroxyl groups is 1. The van der Waals surface area contributed by atoms with Gasteiger partial charge >= 0.3 is 0 Å². The van der Waals surface area contributed by atoms with Gasteiger partial charge in [0.1, 0.15) is 0 Å². The van der Waals surface area contributed by atoms with Crippen molar-refractivity contribution in [3.05, 3.63) is 12.2 Å². The molecule has 0 aromatic carbocycles. The van der Waals surface area contributed by atoms with Crippen LogP contribution in [0.25, 0.3) is 0 Å². The standard InChI is InChI=1S/C7H16N2O/c1-6(10)7(9)4-2-3-5-8/h2-3,6-7,10H,4-5,8-9H2,1H3. The van der Waals surface area contributed by atoms with E-state index >= 15 is 0 Å². The highest BCUT2D eigenvalue weighted by molar-refractivity contribution is 4.87. The number of aliphatic hydroxyl groups excluding tert-OH is 1. The maximum Gasteiger partial charge on any atom is 0.0666 e. The Morgan fingerprint density at radius 3 is 2.50 bits per heavy atom. The van der Waals surface area contributed by atoms with E-state index < -0.39 is 6.10 Å². The van der Waals surface area contributed by atoms with Gasteiger partial charge in [0.2, 0.25) is 0 Å². The molecule has 0 aliphatic heterocycles. The third-order valence-corrected chi connectivity index (χ3v) is 1.33. The van der Waals surface area contributed by atoms with Gasteiger partial charge < -0.3 is 16.6 Å². The lowest BCUT2D eigenvalue weighted by molar-refractivity contribution is 0.164. The van der Waals surface area contributed by atoms with E-state index in [2.05, 4.69) is 0 Å². The second-order valence-electron chi connectivity index (χ2n) is 2.35. The van der Waals surface area contributed by atoms with E-state index in [0.29, 0.717) is 13.0 Å². The van der Waals surface area contributed by atoms with Gasteiger partial charge in [0.15, 0.2) is 0 Å². The summed E-state index contributed by atoms with van der Waals surface area (Å²) >= 11 is 0. The summed E-state index contributed by atoms with van der Waals surface area (Å²) in [5, 5.41) is 8.93. The minimum absolute atomic E-state index is 0.164. The lowest BCUT2D eigenvalue weighted by Gasteiger charge is -2.10. The highest BCUT2D eigenvalue weighted by atomic mass is 16.3. The molecule has 3 nitrogen and oxygen atoms in total. The Bertz CT molecular complexity index is 102. The lowest BCUT2D eigenvalue weighted by atomic mass is 10.1. The first kappa shape index (κ1) is 9.62. The molecule has 0 radical (unpaired) electrons. The molecule has 10 heavy (non-hydrogen) atoms. The summed E-state index contributed by atoms with van der Waals surface area (Å²) in [6.07, 6.45) is 3.97. The van der Waals surface area contributed by atoms with Crippen molar-refractivity contribution in [2.75, 3.05) is 6.54 Å². The number of nitrogens with two attached hydrogens (primary N) is 2. The fourth-order valence-electron chi connectivity index (χ4n) is 0.547. The Kier molecular flexibility index (Phi) is 5.20. The lowest BCUT2D eigenvalue weighted by Crippen LogP contribution is -2.31. The van der Waals surface area contributed by atoms with Crippen molar-refractivity contribution < 1.29 is 5.11 Å². The van der Waals surface area contributed by atoms with Crippen LogP contribution in [0.5, 0.6) is 0 Å². The molecule has 0 heterocycles. The van der Waals surface area contributed by atoms with Crippen LogP contribution in [0.1, 0.15) is 13.3 Å². The van der Waals surface area contributed by atoms with Crippen LogP contribution in [0.2, 0.25) is 0 Å². The third kappa shape index (κ3) is 4.49. The third-order valence-electron chi connectivity index (χ3n) is 1.33. The Morgan fingerprint density at radius 1 is 1.50 bits per heavy atom. The second kappa shape index (κ2) is 5.41. The quantitative estimate of drug-likeness (QED) is 0.470. The van der Waals surface area contributed by atoms with Crippen molar-refractivity contribution in [1.29, 1.82) is 0 Å². The first-order valence-corrected chi connectivity index (χ1v) is 3.47. The van der Waals surface area contributed by atoms with Crippen molar-refractivity contribution in [3.8, 4) is 0 Å².